The Labute approximate surface area is 184 Å². The Hall–Kier alpha value is -1.58. The summed E-state index contributed by atoms with van der Waals surface area (Å²) in [7, 11) is 0. The molecular weight excluding hydrogens is 469 g/mol. The van der Waals surface area contributed by atoms with Gasteiger partial charge in [0, 0.05) is 37.8 Å². The number of likely N-dealkylation sites (tertiary alicyclic amines) is 1. The standard InChI is InChI=1S/C20H31N5O2.HI/c1-2-22-20(23-11-13-27-18-8-5-10-21-14-18)24-17-9-12-25(15-17)19(26)16-6-3-4-7-16;/h5,8,10,14,16-17H,2-4,6-7,9,11-13,15H2,1H3,(H2,22,23,24);1H. The molecule has 0 bridgehead atoms. The van der Waals surface area contributed by atoms with Crippen LogP contribution in [0.4, 0.5) is 0 Å². The highest BCUT2D eigenvalue weighted by Gasteiger charge is 2.32. The largest absolute Gasteiger partial charge is 0.490 e. The summed E-state index contributed by atoms with van der Waals surface area (Å²) >= 11 is 0. The number of hydrogen-bond donors (Lipinski definition) is 2. The maximum absolute atomic E-state index is 12.6. The van der Waals surface area contributed by atoms with E-state index in [0.717, 1.165) is 50.6 Å². The van der Waals surface area contributed by atoms with Crippen LogP contribution >= 0.6 is 24.0 Å². The van der Waals surface area contributed by atoms with E-state index in [1.807, 2.05) is 24.0 Å². The smallest absolute Gasteiger partial charge is 0.225 e. The van der Waals surface area contributed by atoms with Gasteiger partial charge < -0.3 is 20.3 Å². The summed E-state index contributed by atoms with van der Waals surface area (Å²) in [5, 5.41) is 6.74. The molecule has 0 aromatic carbocycles. The third-order valence-corrected chi connectivity index (χ3v) is 5.15. The fourth-order valence-corrected chi connectivity index (χ4v) is 3.78. The van der Waals surface area contributed by atoms with Crippen LogP contribution in [0.3, 0.4) is 0 Å². The van der Waals surface area contributed by atoms with Crippen LogP contribution in [-0.4, -0.2) is 60.6 Å². The zero-order chi connectivity index (χ0) is 18.9. The van der Waals surface area contributed by atoms with Crippen LogP contribution in [0.25, 0.3) is 0 Å². The summed E-state index contributed by atoms with van der Waals surface area (Å²) in [5.74, 6) is 2.15. The van der Waals surface area contributed by atoms with Gasteiger partial charge in [-0.2, -0.15) is 0 Å². The van der Waals surface area contributed by atoms with Gasteiger partial charge in [-0.1, -0.05) is 12.8 Å². The number of ether oxygens (including phenoxy) is 1. The number of guanidine groups is 1. The van der Waals surface area contributed by atoms with Crippen LogP contribution in [0.1, 0.15) is 39.0 Å². The van der Waals surface area contributed by atoms with E-state index >= 15 is 0 Å². The van der Waals surface area contributed by atoms with Gasteiger partial charge in [-0.15, -0.1) is 24.0 Å². The summed E-state index contributed by atoms with van der Waals surface area (Å²) in [5.41, 5.74) is 0. The van der Waals surface area contributed by atoms with E-state index in [1.165, 1.54) is 12.8 Å². The number of halogens is 1. The Balaban J connectivity index is 0.00000280. The third kappa shape index (κ3) is 6.79. The van der Waals surface area contributed by atoms with E-state index in [4.69, 9.17) is 4.74 Å². The van der Waals surface area contributed by atoms with Crippen LogP contribution < -0.4 is 15.4 Å². The van der Waals surface area contributed by atoms with Gasteiger partial charge in [0.25, 0.3) is 0 Å². The molecule has 2 heterocycles. The summed E-state index contributed by atoms with van der Waals surface area (Å²) < 4.78 is 5.63. The van der Waals surface area contributed by atoms with E-state index in [1.54, 1.807) is 12.4 Å². The molecule has 1 amide bonds. The first-order chi connectivity index (χ1) is 13.3. The fraction of sp³-hybridized carbons (Fsp3) is 0.650. The molecule has 1 unspecified atom stereocenters. The molecule has 28 heavy (non-hydrogen) atoms. The topological polar surface area (TPSA) is 78.9 Å². The first-order valence-corrected chi connectivity index (χ1v) is 10.1. The molecule has 7 nitrogen and oxygen atoms in total. The molecule has 2 aliphatic rings. The molecular formula is C20H32IN5O2. The van der Waals surface area contributed by atoms with Gasteiger partial charge in [0.1, 0.15) is 12.4 Å². The normalized spacial score (nSPS) is 20.0. The van der Waals surface area contributed by atoms with Crippen molar-refractivity contribution in [2.24, 2.45) is 10.9 Å². The SMILES string of the molecule is CCNC(=NCCOc1cccnc1)NC1CCN(C(=O)C2CCCC2)C1.I. The van der Waals surface area contributed by atoms with E-state index in [9.17, 15) is 4.79 Å². The lowest BCUT2D eigenvalue weighted by atomic mass is 10.1. The van der Waals surface area contributed by atoms with Crippen LogP contribution in [0.2, 0.25) is 0 Å². The molecule has 2 N–H and O–H groups in total. The average molecular weight is 501 g/mol. The minimum Gasteiger partial charge on any atom is -0.490 e. The highest BCUT2D eigenvalue weighted by molar-refractivity contribution is 14.0. The molecule has 1 aliphatic heterocycles. The van der Waals surface area contributed by atoms with Crippen LogP contribution in [0.5, 0.6) is 5.75 Å². The first kappa shape index (κ1) is 22.7. The number of nitrogens with one attached hydrogen (secondary N) is 2. The quantitative estimate of drug-likeness (QED) is 0.260. The molecule has 8 heteroatoms. The molecule has 156 valence electrons. The minimum absolute atomic E-state index is 0. The van der Waals surface area contributed by atoms with Crippen molar-refractivity contribution in [2.75, 3.05) is 32.8 Å². The Morgan fingerprint density at radius 3 is 2.89 bits per heavy atom. The molecule has 1 saturated heterocycles. The number of aromatic nitrogens is 1. The number of amides is 1. The average Bonchev–Trinajstić information content (AvgIpc) is 3.38. The van der Waals surface area contributed by atoms with Gasteiger partial charge in [-0.25, -0.2) is 4.99 Å². The number of rotatable bonds is 7. The molecule has 2 fully saturated rings. The summed E-state index contributed by atoms with van der Waals surface area (Å²) in [4.78, 5) is 23.2. The van der Waals surface area contributed by atoms with Gasteiger partial charge in [0.05, 0.1) is 12.7 Å². The molecule has 0 radical (unpaired) electrons. The van der Waals surface area contributed by atoms with Crippen LogP contribution in [0, 0.1) is 5.92 Å². The maximum atomic E-state index is 12.6. The second-order valence-corrected chi connectivity index (χ2v) is 7.19. The van der Waals surface area contributed by atoms with Gasteiger partial charge >= 0.3 is 0 Å². The van der Waals surface area contributed by atoms with Crippen LogP contribution in [0.15, 0.2) is 29.5 Å². The molecule has 1 atom stereocenters. The molecule has 3 rings (SSSR count). The molecule has 0 spiro atoms. The number of nitrogens with zero attached hydrogens (tertiary/aromatic N) is 3. The van der Waals surface area contributed by atoms with Crippen molar-refractivity contribution in [1.82, 2.24) is 20.5 Å². The summed E-state index contributed by atoms with van der Waals surface area (Å²) in [6, 6.07) is 3.99. The van der Waals surface area contributed by atoms with Gasteiger partial charge in [-0.05, 0) is 38.3 Å². The third-order valence-electron chi connectivity index (χ3n) is 5.15. The molecule has 1 aliphatic carbocycles. The van der Waals surface area contributed by atoms with Crippen molar-refractivity contribution in [1.29, 1.82) is 0 Å². The van der Waals surface area contributed by atoms with Gasteiger partial charge in [-0.3, -0.25) is 9.78 Å². The zero-order valence-electron chi connectivity index (χ0n) is 16.6. The predicted octanol–water partition coefficient (Wildman–Crippen LogP) is 2.42. The van der Waals surface area contributed by atoms with E-state index in [0.29, 0.717) is 19.1 Å². The predicted molar refractivity (Wildman–Crippen MR) is 121 cm³/mol. The molecule has 1 aromatic heterocycles. The minimum atomic E-state index is 0. The highest BCUT2D eigenvalue weighted by Crippen LogP contribution is 2.27. The number of carbonyl (C=O) groups excluding carboxylic acids is 1. The second-order valence-electron chi connectivity index (χ2n) is 7.19. The monoisotopic (exact) mass is 501 g/mol. The van der Waals surface area contributed by atoms with Crippen molar-refractivity contribution in [3.8, 4) is 5.75 Å². The number of aliphatic imine (C=N–C) groups is 1. The second kappa shape index (κ2) is 12.1. The number of pyridine rings is 1. The Bertz CT molecular complexity index is 622. The van der Waals surface area contributed by atoms with E-state index in [2.05, 4.69) is 20.6 Å². The number of hydrogen-bond acceptors (Lipinski definition) is 4. The lowest BCUT2D eigenvalue weighted by Gasteiger charge is -2.21. The molecule has 1 saturated carbocycles. The molecule has 1 aromatic rings. The first-order valence-electron chi connectivity index (χ1n) is 10.1. The Morgan fingerprint density at radius 1 is 1.36 bits per heavy atom. The summed E-state index contributed by atoms with van der Waals surface area (Å²) in [6.07, 6.45) is 8.91. The zero-order valence-corrected chi connectivity index (χ0v) is 18.9. The van der Waals surface area contributed by atoms with Gasteiger partial charge in [0.15, 0.2) is 5.96 Å². The van der Waals surface area contributed by atoms with Crippen molar-refractivity contribution in [3.63, 3.8) is 0 Å². The lowest BCUT2D eigenvalue weighted by Crippen LogP contribution is -2.45. The Kier molecular flexibility index (Phi) is 9.80. The Morgan fingerprint density at radius 2 is 2.18 bits per heavy atom. The number of carbonyl (C=O) groups is 1. The lowest BCUT2D eigenvalue weighted by molar-refractivity contribution is -0.134. The summed E-state index contributed by atoms with van der Waals surface area (Å²) in [6.45, 7) is 5.52. The fourth-order valence-electron chi connectivity index (χ4n) is 3.78. The van der Waals surface area contributed by atoms with Crippen molar-refractivity contribution < 1.29 is 9.53 Å². The van der Waals surface area contributed by atoms with Crippen molar-refractivity contribution >= 4 is 35.8 Å². The van der Waals surface area contributed by atoms with E-state index in [-0.39, 0.29) is 35.9 Å². The van der Waals surface area contributed by atoms with Crippen molar-refractivity contribution in [3.05, 3.63) is 24.5 Å². The maximum Gasteiger partial charge on any atom is 0.225 e. The van der Waals surface area contributed by atoms with Gasteiger partial charge in [0.2, 0.25) is 5.91 Å². The van der Waals surface area contributed by atoms with Crippen molar-refractivity contribution in [2.45, 2.75) is 45.1 Å². The van der Waals surface area contributed by atoms with E-state index < -0.39 is 0 Å². The van der Waals surface area contributed by atoms with Crippen LogP contribution in [-0.2, 0) is 4.79 Å². The highest BCUT2D eigenvalue weighted by atomic mass is 127.